The fraction of sp³-hybridized carbons (Fsp3) is 0.263. The Labute approximate surface area is 153 Å². The van der Waals surface area contributed by atoms with E-state index in [9.17, 15) is 4.79 Å². The fourth-order valence-electron chi connectivity index (χ4n) is 3.05. The molecule has 2 aromatic heterocycles. The van der Waals surface area contributed by atoms with E-state index >= 15 is 0 Å². The van der Waals surface area contributed by atoms with Gasteiger partial charge in [-0.2, -0.15) is 0 Å². The third kappa shape index (κ3) is 3.10. The molecule has 0 saturated heterocycles. The Morgan fingerprint density at radius 1 is 1.25 bits per heavy atom. The minimum atomic E-state index is 0.0413. The minimum Gasteiger partial charge on any atom is -0.349 e. The maximum Gasteiger partial charge on any atom is 0.224 e. The summed E-state index contributed by atoms with van der Waals surface area (Å²) in [5, 5.41) is 4.27. The van der Waals surface area contributed by atoms with Crippen LogP contribution in [0.1, 0.15) is 35.9 Å². The number of nitrogens with zero attached hydrogens (tertiary/aromatic N) is 1. The van der Waals surface area contributed by atoms with Crippen molar-refractivity contribution < 1.29 is 4.79 Å². The van der Waals surface area contributed by atoms with Crippen LogP contribution in [0.15, 0.2) is 52.3 Å². The fourth-order valence-corrected chi connectivity index (χ4v) is 4.48. The van der Waals surface area contributed by atoms with E-state index < -0.39 is 0 Å². The summed E-state index contributed by atoms with van der Waals surface area (Å²) in [6, 6.07) is 16.3. The van der Waals surface area contributed by atoms with Crippen molar-refractivity contribution in [3.63, 3.8) is 0 Å². The zero-order valence-electron chi connectivity index (χ0n) is 13.2. The van der Waals surface area contributed by atoms with E-state index in [1.54, 1.807) is 11.3 Å². The van der Waals surface area contributed by atoms with Crippen molar-refractivity contribution in [1.29, 1.82) is 0 Å². The highest BCUT2D eigenvalue weighted by Crippen LogP contribution is 2.47. The number of fused-ring (bicyclic) bond motifs is 1. The molecule has 1 saturated carbocycles. The Bertz CT molecular complexity index is 907. The summed E-state index contributed by atoms with van der Waals surface area (Å²) < 4.78 is 1.09. The second-order valence-corrected chi connectivity index (χ2v) is 8.74. The number of aromatic nitrogens is 1. The molecular formula is C19H17BrN2OS. The highest BCUT2D eigenvalue weighted by Gasteiger charge is 2.45. The lowest BCUT2D eigenvalue weighted by Gasteiger charge is -2.12. The zero-order valence-corrected chi connectivity index (χ0v) is 15.6. The van der Waals surface area contributed by atoms with Gasteiger partial charge < -0.3 is 5.32 Å². The van der Waals surface area contributed by atoms with Crippen LogP contribution in [0.2, 0.25) is 0 Å². The molecular weight excluding hydrogens is 384 g/mol. The van der Waals surface area contributed by atoms with Crippen LogP contribution in [0.4, 0.5) is 0 Å². The van der Waals surface area contributed by atoms with E-state index in [1.807, 2.05) is 31.2 Å². The first-order chi connectivity index (χ1) is 11.6. The van der Waals surface area contributed by atoms with Crippen LogP contribution in [-0.4, -0.2) is 10.9 Å². The van der Waals surface area contributed by atoms with E-state index in [-0.39, 0.29) is 23.8 Å². The summed E-state index contributed by atoms with van der Waals surface area (Å²) in [7, 11) is 0. The minimum absolute atomic E-state index is 0.0413. The monoisotopic (exact) mass is 400 g/mol. The highest BCUT2D eigenvalue weighted by atomic mass is 79.9. The number of rotatable bonds is 4. The first kappa shape index (κ1) is 15.8. The number of carbonyl (C=O) groups is 1. The number of nitrogens with one attached hydrogen (secondary N) is 1. The Morgan fingerprint density at radius 2 is 2.08 bits per heavy atom. The van der Waals surface area contributed by atoms with Gasteiger partial charge in [-0.25, -0.2) is 0 Å². The molecule has 5 heteroatoms. The number of hydrogen-bond acceptors (Lipinski definition) is 3. The molecule has 3 nitrogen and oxygen atoms in total. The predicted octanol–water partition coefficient (Wildman–Crippen LogP) is 5.04. The molecule has 2 heterocycles. The molecule has 1 aromatic carbocycles. The summed E-state index contributed by atoms with van der Waals surface area (Å²) in [5.41, 5.74) is 2.03. The number of pyridine rings is 1. The first-order valence-electron chi connectivity index (χ1n) is 8.03. The molecule has 0 unspecified atom stereocenters. The second-order valence-electron chi connectivity index (χ2n) is 6.25. The zero-order chi connectivity index (χ0) is 16.7. The molecule has 0 aliphatic heterocycles. The topological polar surface area (TPSA) is 42.0 Å². The van der Waals surface area contributed by atoms with Crippen LogP contribution in [0, 0.1) is 5.92 Å². The first-order valence-corrected chi connectivity index (χ1v) is 9.64. The molecule has 4 rings (SSSR count). The van der Waals surface area contributed by atoms with Gasteiger partial charge in [-0.1, -0.05) is 24.3 Å². The van der Waals surface area contributed by atoms with Crippen LogP contribution < -0.4 is 5.32 Å². The van der Waals surface area contributed by atoms with Crippen LogP contribution in [0.25, 0.3) is 10.9 Å². The van der Waals surface area contributed by atoms with Crippen molar-refractivity contribution in [2.75, 3.05) is 0 Å². The molecule has 0 spiro atoms. The normalized spacial score (nSPS) is 20.8. The summed E-state index contributed by atoms with van der Waals surface area (Å²) in [6.45, 7) is 2.03. The smallest absolute Gasteiger partial charge is 0.224 e. The van der Waals surface area contributed by atoms with Gasteiger partial charge in [-0.15, -0.1) is 11.3 Å². The molecule has 1 aliphatic carbocycles. The molecule has 1 aliphatic rings. The van der Waals surface area contributed by atoms with Gasteiger partial charge in [0.15, 0.2) is 0 Å². The van der Waals surface area contributed by atoms with Crippen molar-refractivity contribution in [3.05, 3.63) is 62.9 Å². The third-order valence-corrected chi connectivity index (χ3v) is 6.31. The maximum absolute atomic E-state index is 12.5. The number of thiophene rings is 1. The number of carbonyl (C=O) groups excluding carboxylic acids is 1. The predicted molar refractivity (Wildman–Crippen MR) is 101 cm³/mol. The Balaban J connectivity index is 1.44. The van der Waals surface area contributed by atoms with Crippen LogP contribution in [0.3, 0.4) is 0 Å². The lowest BCUT2D eigenvalue weighted by atomic mass is 10.1. The third-order valence-electron chi connectivity index (χ3n) is 4.51. The van der Waals surface area contributed by atoms with Gasteiger partial charge in [0.1, 0.15) is 0 Å². The van der Waals surface area contributed by atoms with Crippen molar-refractivity contribution >= 4 is 44.1 Å². The quantitative estimate of drug-likeness (QED) is 0.666. The van der Waals surface area contributed by atoms with Gasteiger partial charge in [0.2, 0.25) is 5.91 Å². The Kier molecular flexibility index (Phi) is 4.14. The Morgan fingerprint density at radius 3 is 2.88 bits per heavy atom. The van der Waals surface area contributed by atoms with Crippen LogP contribution >= 0.6 is 27.3 Å². The number of para-hydroxylation sites is 1. The lowest BCUT2D eigenvalue weighted by Crippen LogP contribution is -2.28. The highest BCUT2D eigenvalue weighted by molar-refractivity contribution is 9.11. The molecule has 1 amide bonds. The SMILES string of the molecule is C[C@@H](NC(=O)[C@H]1C[C@@H]1c1ccc2ccccc2n1)c1ccc(Br)s1. The molecule has 1 fully saturated rings. The standard InChI is InChI=1S/C19H17BrN2OS/c1-11(17-8-9-18(20)24-17)21-19(23)14-10-13(14)16-7-6-12-4-2-3-5-15(12)22-16/h2-9,11,13-14H,10H2,1H3,(H,21,23)/t11-,13+,14+/m1/s1. The number of benzene rings is 1. The number of halogens is 1. The summed E-state index contributed by atoms with van der Waals surface area (Å²) in [5.74, 6) is 0.424. The largest absolute Gasteiger partial charge is 0.349 e. The van der Waals surface area contributed by atoms with Gasteiger partial charge >= 0.3 is 0 Å². The van der Waals surface area contributed by atoms with Gasteiger partial charge in [0.05, 0.1) is 15.3 Å². The van der Waals surface area contributed by atoms with E-state index in [1.165, 1.54) is 0 Å². The van der Waals surface area contributed by atoms with Gasteiger partial charge in [-0.05, 0) is 53.5 Å². The van der Waals surface area contributed by atoms with Gasteiger partial charge in [-0.3, -0.25) is 9.78 Å². The van der Waals surface area contributed by atoms with Crippen molar-refractivity contribution in [1.82, 2.24) is 10.3 Å². The number of amides is 1. The van der Waals surface area contributed by atoms with Gasteiger partial charge in [0.25, 0.3) is 0 Å². The van der Waals surface area contributed by atoms with Crippen LogP contribution in [-0.2, 0) is 4.79 Å². The molecule has 122 valence electrons. The van der Waals surface area contributed by atoms with E-state index in [4.69, 9.17) is 4.98 Å². The van der Waals surface area contributed by atoms with Crippen LogP contribution in [0.5, 0.6) is 0 Å². The summed E-state index contributed by atoms with van der Waals surface area (Å²) in [4.78, 5) is 18.4. The molecule has 0 radical (unpaired) electrons. The molecule has 24 heavy (non-hydrogen) atoms. The average Bonchev–Trinajstić information content (AvgIpc) is 3.28. The van der Waals surface area contributed by atoms with E-state index in [2.05, 4.69) is 45.5 Å². The maximum atomic E-state index is 12.5. The summed E-state index contributed by atoms with van der Waals surface area (Å²) in [6.07, 6.45) is 0.887. The van der Waals surface area contributed by atoms with E-state index in [0.29, 0.717) is 0 Å². The van der Waals surface area contributed by atoms with E-state index in [0.717, 1.165) is 31.7 Å². The lowest BCUT2D eigenvalue weighted by molar-refractivity contribution is -0.123. The Hall–Kier alpha value is -1.72. The molecule has 3 aromatic rings. The summed E-state index contributed by atoms with van der Waals surface area (Å²) >= 11 is 5.12. The molecule has 3 atom stereocenters. The molecule has 1 N–H and O–H groups in total. The van der Waals surface area contributed by atoms with Crippen molar-refractivity contribution in [3.8, 4) is 0 Å². The van der Waals surface area contributed by atoms with Gasteiger partial charge in [0, 0.05) is 27.8 Å². The second kappa shape index (κ2) is 6.30. The molecule has 0 bridgehead atoms. The average molecular weight is 401 g/mol. The number of hydrogen-bond donors (Lipinski definition) is 1. The van der Waals surface area contributed by atoms with Crippen molar-refractivity contribution in [2.24, 2.45) is 5.92 Å². The van der Waals surface area contributed by atoms with Crippen molar-refractivity contribution in [2.45, 2.75) is 25.3 Å².